The van der Waals surface area contributed by atoms with E-state index < -0.39 is 0 Å². The van der Waals surface area contributed by atoms with Gasteiger partial charge in [-0.1, -0.05) is 13.3 Å². The second kappa shape index (κ2) is 7.86. The van der Waals surface area contributed by atoms with Crippen LogP contribution in [0, 0.1) is 11.8 Å². The Labute approximate surface area is 166 Å². The van der Waals surface area contributed by atoms with Crippen LogP contribution in [0.15, 0.2) is 24.3 Å². The number of benzene rings is 1. The molecule has 0 saturated heterocycles. The average Bonchev–Trinajstić information content (AvgIpc) is 3.43. The monoisotopic (exact) mass is 383 g/mol. The van der Waals surface area contributed by atoms with Crippen molar-refractivity contribution in [1.82, 2.24) is 15.1 Å². The molecule has 1 aromatic heterocycles. The molecule has 150 valence electrons. The summed E-state index contributed by atoms with van der Waals surface area (Å²) in [4.78, 5) is 13.0. The molecule has 2 aliphatic carbocycles. The van der Waals surface area contributed by atoms with Gasteiger partial charge in [0.15, 0.2) is 0 Å². The zero-order chi connectivity index (χ0) is 19.7. The lowest BCUT2D eigenvalue weighted by Gasteiger charge is -2.22. The van der Waals surface area contributed by atoms with Crippen molar-refractivity contribution in [3.8, 4) is 22.8 Å². The van der Waals surface area contributed by atoms with Crippen molar-refractivity contribution in [2.75, 3.05) is 14.2 Å². The molecule has 28 heavy (non-hydrogen) atoms. The van der Waals surface area contributed by atoms with Crippen molar-refractivity contribution in [2.45, 2.75) is 51.6 Å². The topological polar surface area (TPSA) is 65.4 Å². The molecule has 3 atom stereocenters. The molecule has 6 heteroatoms. The lowest BCUT2D eigenvalue weighted by molar-refractivity contribution is 0.0911. The Bertz CT molecular complexity index is 861. The molecular formula is C22H29N3O3. The van der Waals surface area contributed by atoms with Crippen LogP contribution in [0.2, 0.25) is 0 Å². The van der Waals surface area contributed by atoms with Gasteiger partial charge in [0.2, 0.25) is 0 Å². The van der Waals surface area contributed by atoms with Crippen LogP contribution in [-0.2, 0) is 6.54 Å². The summed E-state index contributed by atoms with van der Waals surface area (Å²) in [7, 11) is 3.26. The predicted octanol–water partition coefficient (Wildman–Crippen LogP) is 3.90. The third kappa shape index (κ3) is 3.48. The molecule has 3 unspecified atom stereocenters. The fraction of sp³-hybridized carbons (Fsp3) is 0.545. The zero-order valence-electron chi connectivity index (χ0n) is 16.9. The summed E-state index contributed by atoms with van der Waals surface area (Å²) in [5.74, 6) is 2.84. The number of rotatable bonds is 7. The van der Waals surface area contributed by atoms with E-state index in [1.54, 1.807) is 14.2 Å². The molecule has 1 aromatic carbocycles. The first-order valence-corrected chi connectivity index (χ1v) is 10.2. The van der Waals surface area contributed by atoms with E-state index in [1.165, 1.54) is 19.3 Å². The van der Waals surface area contributed by atoms with Crippen LogP contribution in [0.25, 0.3) is 11.3 Å². The van der Waals surface area contributed by atoms with Crippen LogP contribution in [0.4, 0.5) is 0 Å². The van der Waals surface area contributed by atoms with Gasteiger partial charge in [0.1, 0.15) is 17.2 Å². The highest BCUT2D eigenvalue weighted by molar-refractivity contribution is 5.94. The number of nitrogens with zero attached hydrogens (tertiary/aromatic N) is 2. The Balaban J connectivity index is 1.61. The van der Waals surface area contributed by atoms with Gasteiger partial charge in [0.25, 0.3) is 5.91 Å². The van der Waals surface area contributed by atoms with Crippen molar-refractivity contribution in [3.05, 3.63) is 30.0 Å². The summed E-state index contributed by atoms with van der Waals surface area (Å²) < 4.78 is 12.6. The summed E-state index contributed by atoms with van der Waals surface area (Å²) in [6.45, 7) is 2.80. The molecule has 2 fully saturated rings. The number of hydrogen-bond donors (Lipinski definition) is 1. The van der Waals surface area contributed by atoms with Crippen molar-refractivity contribution in [1.29, 1.82) is 0 Å². The van der Waals surface area contributed by atoms with E-state index in [0.717, 1.165) is 35.8 Å². The molecule has 2 aromatic rings. The summed E-state index contributed by atoms with van der Waals surface area (Å²) in [5, 5.41) is 8.00. The van der Waals surface area contributed by atoms with Gasteiger partial charge in [-0.2, -0.15) is 5.10 Å². The van der Waals surface area contributed by atoms with Gasteiger partial charge in [-0.3, -0.25) is 9.48 Å². The first-order chi connectivity index (χ1) is 13.6. The van der Waals surface area contributed by atoms with Gasteiger partial charge in [-0.25, -0.2) is 0 Å². The maximum absolute atomic E-state index is 13.0. The highest BCUT2D eigenvalue weighted by atomic mass is 16.5. The van der Waals surface area contributed by atoms with Gasteiger partial charge in [0.05, 0.1) is 19.9 Å². The van der Waals surface area contributed by atoms with Crippen molar-refractivity contribution < 1.29 is 14.3 Å². The van der Waals surface area contributed by atoms with Crippen LogP contribution in [0.1, 0.15) is 49.5 Å². The van der Waals surface area contributed by atoms with E-state index in [4.69, 9.17) is 14.6 Å². The van der Waals surface area contributed by atoms with E-state index in [1.807, 2.05) is 28.9 Å². The minimum Gasteiger partial charge on any atom is -0.497 e. The standard InChI is InChI=1S/C22H29N3O3/c1-4-9-25-20(22(26)23-18-11-14-5-6-15(18)10-14)13-19(24-25)17-8-7-16(27-2)12-21(17)28-3/h7-8,12-15,18H,4-6,9-11H2,1-3H3,(H,23,26). The Morgan fingerprint density at radius 2 is 2.07 bits per heavy atom. The predicted molar refractivity (Wildman–Crippen MR) is 108 cm³/mol. The van der Waals surface area contributed by atoms with Gasteiger partial charge >= 0.3 is 0 Å². The average molecular weight is 383 g/mol. The molecular weight excluding hydrogens is 354 g/mol. The fourth-order valence-electron chi connectivity index (χ4n) is 4.79. The van der Waals surface area contributed by atoms with Crippen molar-refractivity contribution in [2.24, 2.45) is 11.8 Å². The highest BCUT2D eigenvalue weighted by Crippen LogP contribution is 2.44. The fourth-order valence-corrected chi connectivity index (χ4v) is 4.79. The minimum atomic E-state index is -0.0165. The molecule has 1 heterocycles. The van der Waals surface area contributed by atoms with Crippen LogP contribution in [0.5, 0.6) is 11.5 Å². The summed E-state index contributed by atoms with van der Waals surface area (Å²) in [6, 6.07) is 7.83. The number of fused-ring (bicyclic) bond motifs is 2. The van der Waals surface area contributed by atoms with Gasteiger partial charge < -0.3 is 14.8 Å². The van der Waals surface area contributed by atoms with Gasteiger partial charge in [-0.15, -0.1) is 0 Å². The molecule has 2 saturated carbocycles. The maximum atomic E-state index is 13.0. The lowest BCUT2D eigenvalue weighted by Crippen LogP contribution is -2.39. The molecule has 1 N–H and O–H groups in total. The Kier molecular flexibility index (Phi) is 5.29. The largest absolute Gasteiger partial charge is 0.497 e. The second-order valence-corrected chi connectivity index (χ2v) is 7.96. The smallest absolute Gasteiger partial charge is 0.269 e. The molecule has 0 spiro atoms. The number of nitrogens with one attached hydrogen (secondary N) is 1. The van der Waals surface area contributed by atoms with Crippen LogP contribution in [0.3, 0.4) is 0 Å². The third-order valence-electron chi connectivity index (χ3n) is 6.19. The molecule has 6 nitrogen and oxygen atoms in total. The molecule has 2 bridgehead atoms. The number of aryl methyl sites for hydroxylation is 1. The summed E-state index contributed by atoms with van der Waals surface area (Å²) in [5.41, 5.74) is 2.22. The summed E-state index contributed by atoms with van der Waals surface area (Å²) in [6.07, 6.45) is 5.88. The van der Waals surface area contributed by atoms with Gasteiger partial charge in [0, 0.05) is 24.2 Å². The van der Waals surface area contributed by atoms with E-state index in [-0.39, 0.29) is 5.91 Å². The Hall–Kier alpha value is -2.50. The van der Waals surface area contributed by atoms with Crippen LogP contribution in [-0.4, -0.2) is 35.9 Å². The number of methoxy groups -OCH3 is 2. The SMILES string of the molecule is CCCn1nc(-c2ccc(OC)cc2OC)cc1C(=O)NC1CC2CCC1C2. The van der Waals surface area contributed by atoms with E-state index >= 15 is 0 Å². The Morgan fingerprint density at radius 3 is 2.71 bits per heavy atom. The maximum Gasteiger partial charge on any atom is 0.269 e. The molecule has 2 aliphatic rings. The lowest BCUT2D eigenvalue weighted by atomic mass is 9.95. The zero-order valence-corrected chi connectivity index (χ0v) is 16.9. The van der Waals surface area contributed by atoms with Crippen LogP contribution >= 0.6 is 0 Å². The van der Waals surface area contributed by atoms with Gasteiger partial charge in [-0.05, 0) is 55.7 Å². The van der Waals surface area contributed by atoms with E-state index in [9.17, 15) is 4.79 Å². The molecule has 4 rings (SSSR count). The second-order valence-electron chi connectivity index (χ2n) is 7.96. The number of ether oxygens (including phenoxy) is 2. The van der Waals surface area contributed by atoms with E-state index in [0.29, 0.717) is 29.9 Å². The van der Waals surface area contributed by atoms with E-state index in [2.05, 4.69) is 12.2 Å². The number of carbonyl (C=O) groups is 1. The normalized spacial score (nSPS) is 23.0. The first-order valence-electron chi connectivity index (χ1n) is 10.2. The quantitative estimate of drug-likeness (QED) is 0.788. The highest BCUT2D eigenvalue weighted by Gasteiger charge is 2.40. The number of aromatic nitrogens is 2. The number of hydrogen-bond acceptors (Lipinski definition) is 4. The van der Waals surface area contributed by atoms with Crippen molar-refractivity contribution in [3.63, 3.8) is 0 Å². The van der Waals surface area contributed by atoms with Crippen molar-refractivity contribution >= 4 is 5.91 Å². The number of carbonyl (C=O) groups excluding carboxylic acids is 1. The summed E-state index contributed by atoms with van der Waals surface area (Å²) >= 11 is 0. The third-order valence-corrected chi connectivity index (χ3v) is 6.19. The van der Waals surface area contributed by atoms with Crippen LogP contribution < -0.4 is 14.8 Å². The Morgan fingerprint density at radius 1 is 1.21 bits per heavy atom. The molecule has 0 radical (unpaired) electrons. The first kappa shape index (κ1) is 18.8. The minimum absolute atomic E-state index is 0.0165. The molecule has 1 amide bonds. The number of amides is 1. The molecule has 0 aliphatic heterocycles.